The number of hydrogen-bond acceptors (Lipinski definition) is 3. The second kappa shape index (κ2) is 6.01. The number of sulfonamides is 1. The molecule has 3 rings (SSSR count). The number of nitrogens with one attached hydrogen (secondary N) is 1. The van der Waals surface area contributed by atoms with E-state index >= 15 is 0 Å². The summed E-state index contributed by atoms with van der Waals surface area (Å²) < 4.78 is 24.7. The van der Waals surface area contributed by atoms with E-state index in [2.05, 4.69) is 16.5 Å². The van der Waals surface area contributed by atoms with E-state index in [1.54, 1.807) is 24.3 Å². The van der Waals surface area contributed by atoms with Crippen LogP contribution in [0.1, 0.15) is 17.5 Å². The summed E-state index contributed by atoms with van der Waals surface area (Å²) in [7, 11) is -3.67. The number of nitrogens with zero attached hydrogens (tertiary/aromatic N) is 1. The summed E-state index contributed by atoms with van der Waals surface area (Å²) in [6, 6.07) is 16.2. The molecule has 0 aromatic heterocycles. The summed E-state index contributed by atoms with van der Waals surface area (Å²) in [6.45, 7) is 5.86. The Morgan fingerprint density at radius 3 is 2.30 bits per heavy atom. The van der Waals surface area contributed by atoms with Crippen LogP contribution in [-0.2, 0) is 10.0 Å². The smallest absolute Gasteiger partial charge is 0.200 e. The van der Waals surface area contributed by atoms with Crippen LogP contribution in [0, 0.1) is 12.8 Å². The normalized spacial score (nSPS) is 17.9. The van der Waals surface area contributed by atoms with Crippen LogP contribution in [0.15, 0.2) is 76.7 Å². The third kappa shape index (κ3) is 3.51. The van der Waals surface area contributed by atoms with Crippen molar-refractivity contribution in [1.82, 2.24) is 4.83 Å². The van der Waals surface area contributed by atoms with Crippen LogP contribution < -0.4 is 4.83 Å². The van der Waals surface area contributed by atoms with Crippen LogP contribution in [0.2, 0.25) is 0 Å². The zero-order chi connectivity index (χ0) is 16.4. The van der Waals surface area contributed by atoms with Gasteiger partial charge in [-0.2, -0.15) is 18.4 Å². The fraction of sp³-hybridized carbons (Fsp3) is 0.167. The predicted octanol–water partition coefficient (Wildman–Crippen LogP) is 3.25. The summed E-state index contributed by atoms with van der Waals surface area (Å²) in [4.78, 5) is 2.56. The molecule has 1 unspecified atom stereocenters. The van der Waals surface area contributed by atoms with Crippen molar-refractivity contribution in [3.05, 3.63) is 77.9 Å². The molecule has 1 aliphatic rings. The average molecular weight is 326 g/mol. The lowest BCUT2D eigenvalue weighted by atomic mass is 10.1. The van der Waals surface area contributed by atoms with Crippen molar-refractivity contribution in [3.8, 4) is 0 Å². The standard InChI is InChI=1S/C18H18N2O2S/c1-13-8-10-16(11-9-13)23(21,22)20-19-18(17-12-14(17)2)15-6-4-3-5-7-15/h3-11,17,20H,2,12H2,1H3/b19-18+. The number of hydrazone groups is 1. The van der Waals surface area contributed by atoms with E-state index in [1.165, 1.54) is 0 Å². The van der Waals surface area contributed by atoms with Crippen molar-refractivity contribution >= 4 is 15.7 Å². The van der Waals surface area contributed by atoms with E-state index in [0.29, 0.717) is 5.71 Å². The third-order valence-corrected chi connectivity index (χ3v) is 5.04. The highest BCUT2D eigenvalue weighted by atomic mass is 32.2. The van der Waals surface area contributed by atoms with E-state index in [0.717, 1.165) is 23.1 Å². The molecular formula is C18H18N2O2S. The Balaban J connectivity index is 1.89. The molecule has 0 amide bonds. The van der Waals surface area contributed by atoms with Gasteiger partial charge in [-0.1, -0.05) is 60.2 Å². The molecule has 0 spiro atoms. The first-order chi connectivity index (χ1) is 11.0. The number of hydrogen-bond donors (Lipinski definition) is 1. The van der Waals surface area contributed by atoms with Crippen LogP contribution in [0.4, 0.5) is 0 Å². The van der Waals surface area contributed by atoms with E-state index in [4.69, 9.17) is 0 Å². The third-order valence-electron chi connectivity index (χ3n) is 3.82. The van der Waals surface area contributed by atoms with E-state index in [1.807, 2.05) is 37.3 Å². The Labute approximate surface area is 136 Å². The maximum absolute atomic E-state index is 12.4. The molecule has 1 atom stereocenters. The van der Waals surface area contributed by atoms with Crippen LogP contribution >= 0.6 is 0 Å². The van der Waals surface area contributed by atoms with Crippen molar-refractivity contribution in [3.63, 3.8) is 0 Å². The first-order valence-electron chi connectivity index (χ1n) is 7.36. The molecule has 0 heterocycles. The molecule has 118 valence electrons. The molecule has 0 saturated heterocycles. The molecule has 0 bridgehead atoms. The van der Waals surface area contributed by atoms with Crippen molar-refractivity contribution in [2.75, 3.05) is 0 Å². The molecule has 1 saturated carbocycles. The van der Waals surface area contributed by atoms with E-state index in [9.17, 15) is 8.42 Å². The molecule has 5 heteroatoms. The van der Waals surface area contributed by atoms with E-state index in [-0.39, 0.29) is 10.8 Å². The zero-order valence-corrected chi connectivity index (χ0v) is 13.7. The Bertz CT molecular complexity index is 854. The lowest BCUT2D eigenvalue weighted by Crippen LogP contribution is -2.21. The highest BCUT2D eigenvalue weighted by Crippen LogP contribution is 2.39. The molecule has 1 N–H and O–H groups in total. The largest absolute Gasteiger partial charge is 0.276 e. The number of aryl methyl sites for hydroxylation is 1. The van der Waals surface area contributed by atoms with Gasteiger partial charge in [0.15, 0.2) is 0 Å². The van der Waals surface area contributed by atoms with Crippen molar-refractivity contribution in [2.45, 2.75) is 18.2 Å². The SMILES string of the molecule is C=C1CC1/C(=N/NS(=O)(=O)c1ccc(C)cc1)c1ccccc1. The van der Waals surface area contributed by atoms with Crippen molar-refractivity contribution in [1.29, 1.82) is 0 Å². The van der Waals surface area contributed by atoms with Gasteiger partial charge in [-0.25, -0.2) is 0 Å². The molecule has 1 aliphatic carbocycles. The fourth-order valence-corrected chi connectivity index (χ4v) is 3.14. The van der Waals surface area contributed by atoms with Crippen LogP contribution in [0.5, 0.6) is 0 Å². The van der Waals surface area contributed by atoms with Gasteiger partial charge in [0.25, 0.3) is 10.0 Å². The van der Waals surface area contributed by atoms with Gasteiger partial charge in [0.05, 0.1) is 10.6 Å². The Hall–Kier alpha value is -2.40. The molecule has 4 nitrogen and oxygen atoms in total. The van der Waals surface area contributed by atoms with Gasteiger partial charge >= 0.3 is 0 Å². The Morgan fingerprint density at radius 2 is 1.74 bits per heavy atom. The van der Waals surface area contributed by atoms with Gasteiger partial charge in [-0.3, -0.25) is 0 Å². The topological polar surface area (TPSA) is 58.5 Å². The van der Waals surface area contributed by atoms with Gasteiger partial charge < -0.3 is 0 Å². The molecule has 23 heavy (non-hydrogen) atoms. The number of benzene rings is 2. The van der Waals surface area contributed by atoms with E-state index < -0.39 is 10.0 Å². The predicted molar refractivity (Wildman–Crippen MR) is 91.7 cm³/mol. The van der Waals surface area contributed by atoms with Gasteiger partial charge in [-0.15, -0.1) is 0 Å². The summed E-state index contributed by atoms with van der Waals surface area (Å²) in [5.41, 5.74) is 3.70. The summed E-state index contributed by atoms with van der Waals surface area (Å²) in [6.07, 6.45) is 0.847. The fourth-order valence-electron chi connectivity index (χ4n) is 2.33. The summed E-state index contributed by atoms with van der Waals surface area (Å²) >= 11 is 0. The van der Waals surface area contributed by atoms with Gasteiger partial charge in [0.2, 0.25) is 0 Å². The number of allylic oxidation sites excluding steroid dienone is 1. The first-order valence-corrected chi connectivity index (χ1v) is 8.85. The molecular weight excluding hydrogens is 308 g/mol. The molecule has 0 radical (unpaired) electrons. The zero-order valence-electron chi connectivity index (χ0n) is 12.9. The van der Waals surface area contributed by atoms with Crippen LogP contribution in [-0.4, -0.2) is 14.1 Å². The summed E-state index contributed by atoms with van der Waals surface area (Å²) in [5.74, 6) is 0.123. The minimum absolute atomic E-state index is 0.123. The van der Waals surface area contributed by atoms with Gasteiger partial charge in [-0.05, 0) is 31.0 Å². The lowest BCUT2D eigenvalue weighted by Gasteiger charge is -2.08. The maximum Gasteiger partial charge on any atom is 0.276 e. The highest BCUT2D eigenvalue weighted by Gasteiger charge is 2.34. The van der Waals surface area contributed by atoms with Gasteiger partial charge in [0, 0.05) is 5.92 Å². The minimum atomic E-state index is -3.67. The molecule has 0 aliphatic heterocycles. The second-order valence-electron chi connectivity index (χ2n) is 5.69. The monoisotopic (exact) mass is 326 g/mol. The Morgan fingerprint density at radius 1 is 1.13 bits per heavy atom. The average Bonchev–Trinajstić information content (AvgIpc) is 3.25. The maximum atomic E-state index is 12.4. The molecule has 1 fully saturated rings. The second-order valence-corrected chi connectivity index (χ2v) is 7.35. The van der Waals surface area contributed by atoms with Crippen LogP contribution in [0.25, 0.3) is 0 Å². The lowest BCUT2D eigenvalue weighted by molar-refractivity contribution is 0.584. The van der Waals surface area contributed by atoms with Crippen molar-refractivity contribution < 1.29 is 8.42 Å². The minimum Gasteiger partial charge on any atom is -0.200 e. The van der Waals surface area contributed by atoms with Gasteiger partial charge in [0.1, 0.15) is 0 Å². The number of rotatable bonds is 5. The highest BCUT2D eigenvalue weighted by molar-refractivity contribution is 7.89. The van der Waals surface area contributed by atoms with Crippen LogP contribution in [0.3, 0.4) is 0 Å². The summed E-state index contributed by atoms with van der Waals surface area (Å²) in [5, 5.41) is 4.19. The first kappa shape index (κ1) is 15.5. The molecule has 2 aromatic rings. The molecule has 2 aromatic carbocycles. The quantitative estimate of drug-likeness (QED) is 0.521. The Kier molecular flexibility index (Phi) is 4.05. The van der Waals surface area contributed by atoms with Crippen molar-refractivity contribution in [2.24, 2.45) is 11.0 Å².